The first kappa shape index (κ1) is 15.0. The lowest BCUT2D eigenvalue weighted by Crippen LogP contribution is -2.28. The maximum absolute atomic E-state index is 11.7. The van der Waals surface area contributed by atoms with Crippen LogP contribution in [-0.2, 0) is 9.59 Å². The average Bonchev–Trinajstić information content (AvgIpc) is 3.10. The van der Waals surface area contributed by atoms with Gasteiger partial charge in [0.15, 0.2) is 0 Å². The molecule has 0 spiro atoms. The molecule has 1 saturated carbocycles. The zero-order valence-electron chi connectivity index (χ0n) is 11.6. The Morgan fingerprint density at radius 2 is 2.15 bits per heavy atom. The van der Waals surface area contributed by atoms with Crippen LogP contribution in [0.3, 0.4) is 0 Å². The van der Waals surface area contributed by atoms with Crippen molar-refractivity contribution in [3.05, 3.63) is 28.2 Å². The van der Waals surface area contributed by atoms with E-state index >= 15 is 0 Å². The summed E-state index contributed by atoms with van der Waals surface area (Å²) in [6.45, 7) is 4.34. The van der Waals surface area contributed by atoms with Crippen molar-refractivity contribution in [2.75, 3.05) is 6.54 Å². The van der Waals surface area contributed by atoms with Crippen LogP contribution in [0.1, 0.15) is 25.3 Å². The monoisotopic (exact) mass is 339 g/mol. The van der Waals surface area contributed by atoms with Gasteiger partial charge in [-0.1, -0.05) is 13.0 Å². The van der Waals surface area contributed by atoms with Crippen LogP contribution >= 0.6 is 15.9 Å². The maximum atomic E-state index is 11.7. The van der Waals surface area contributed by atoms with Crippen molar-refractivity contribution in [2.24, 2.45) is 11.8 Å². The number of ether oxygens (including phenoxy) is 1. The molecule has 1 aromatic rings. The molecule has 0 aliphatic heterocycles. The topological polar surface area (TPSA) is 55.4 Å². The molecule has 1 aromatic carbocycles. The Kier molecular flexibility index (Phi) is 4.81. The van der Waals surface area contributed by atoms with E-state index in [1.54, 1.807) is 6.07 Å². The van der Waals surface area contributed by atoms with Crippen LogP contribution in [0.15, 0.2) is 22.7 Å². The summed E-state index contributed by atoms with van der Waals surface area (Å²) >= 11 is 3.35. The van der Waals surface area contributed by atoms with Gasteiger partial charge in [-0.25, -0.2) is 0 Å². The van der Waals surface area contributed by atoms with Gasteiger partial charge in [0.05, 0.1) is 10.9 Å². The van der Waals surface area contributed by atoms with Crippen molar-refractivity contribution in [1.29, 1.82) is 0 Å². The van der Waals surface area contributed by atoms with Crippen molar-refractivity contribution in [1.82, 2.24) is 5.32 Å². The Hall–Kier alpha value is -1.36. The quantitative estimate of drug-likeness (QED) is 0.662. The van der Waals surface area contributed by atoms with Gasteiger partial charge in [-0.05, 0) is 52.9 Å². The van der Waals surface area contributed by atoms with Gasteiger partial charge in [0, 0.05) is 12.5 Å². The molecule has 0 radical (unpaired) electrons. The molecule has 1 aliphatic carbocycles. The Labute approximate surface area is 127 Å². The molecule has 0 saturated heterocycles. The van der Waals surface area contributed by atoms with Gasteiger partial charge in [-0.3, -0.25) is 9.59 Å². The number of esters is 1. The van der Waals surface area contributed by atoms with Crippen LogP contribution in [0.5, 0.6) is 5.75 Å². The highest BCUT2D eigenvalue weighted by Crippen LogP contribution is 2.37. The van der Waals surface area contributed by atoms with Crippen LogP contribution in [0.2, 0.25) is 0 Å². The van der Waals surface area contributed by atoms with E-state index in [0.29, 0.717) is 18.2 Å². The summed E-state index contributed by atoms with van der Waals surface area (Å²) in [5.74, 6) is 0.811. The maximum Gasteiger partial charge on any atom is 0.313 e. The summed E-state index contributed by atoms with van der Waals surface area (Å²) in [5, 5.41) is 2.76. The zero-order valence-corrected chi connectivity index (χ0v) is 13.2. The Morgan fingerprint density at radius 1 is 1.45 bits per heavy atom. The third kappa shape index (κ3) is 4.07. The molecule has 2 atom stereocenters. The molecule has 1 fully saturated rings. The standard InChI is InChI=1S/C15H18BrNO3/c1-9-3-4-13(12(16)7-9)20-14(18)5-6-17-15(19)11-8-10(11)2/h3-4,7,10-11H,5-6,8H2,1-2H3,(H,17,19)/t10-,11-/m0/s1. The molecular weight excluding hydrogens is 322 g/mol. The summed E-state index contributed by atoms with van der Waals surface area (Å²) in [7, 11) is 0. The minimum absolute atomic E-state index is 0.0433. The fourth-order valence-electron chi connectivity index (χ4n) is 1.97. The third-order valence-corrected chi connectivity index (χ3v) is 4.01. The number of rotatable bonds is 5. The number of amides is 1. The SMILES string of the molecule is Cc1ccc(OC(=O)CCNC(=O)[C@H]2C[C@@H]2C)c(Br)c1. The van der Waals surface area contributed by atoms with Crippen molar-refractivity contribution in [3.8, 4) is 5.75 Å². The van der Waals surface area contributed by atoms with E-state index in [2.05, 4.69) is 21.2 Å². The molecule has 1 amide bonds. The van der Waals surface area contributed by atoms with Crippen molar-refractivity contribution >= 4 is 27.8 Å². The third-order valence-electron chi connectivity index (χ3n) is 3.39. The molecule has 1 aliphatic rings. The first-order valence-electron chi connectivity index (χ1n) is 6.72. The van der Waals surface area contributed by atoms with E-state index in [9.17, 15) is 9.59 Å². The number of hydrogen-bond acceptors (Lipinski definition) is 3. The van der Waals surface area contributed by atoms with E-state index in [4.69, 9.17) is 4.74 Å². The summed E-state index contributed by atoms with van der Waals surface area (Å²) in [4.78, 5) is 23.3. The number of aryl methyl sites for hydroxylation is 1. The van der Waals surface area contributed by atoms with Crippen molar-refractivity contribution in [2.45, 2.75) is 26.7 Å². The summed E-state index contributed by atoms with van der Waals surface area (Å²) in [5.41, 5.74) is 1.09. The molecule has 2 rings (SSSR count). The van der Waals surface area contributed by atoms with Gasteiger partial charge in [-0.15, -0.1) is 0 Å². The fraction of sp³-hybridized carbons (Fsp3) is 0.467. The molecule has 4 nitrogen and oxygen atoms in total. The Balaban J connectivity index is 1.73. The van der Waals surface area contributed by atoms with Crippen LogP contribution in [0, 0.1) is 18.8 Å². The van der Waals surface area contributed by atoms with E-state index in [1.807, 2.05) is 26.0 Å². The number of benzene rings is 1. The smallest absolute Gasteiger partial charge is 0.313 e. The predicted molar refractivity (Wildman–Crippen MR) is 79.4 cm³/mol. The largest absolute Gasteiger partial charge is 0.425 e. The molecule has 5 heteroatoms. The predicted octanol–water partition coefficient (Wildman–Crippen LogP) is 2.83. The summed E-state index contributed by atoms with van der Waals surface area (Å²) in [6.07, 6.45) is 1.12. The van der Waals surface area contributed by atoms with E-state index in [1.165, 1.54) is 0 Å². The molecule has 0 aromatic heterocycles. The first-order chi connectivity index (χ1) is 9.47. The molecule has 0 bridgehead atoms. The van der Waals surface area contributed by atoms with Gasteiger partial charge in [0.25, 0.3) is 0 Å². The number of hydrogen-bond donors (Lipinski definition) is 1. The van der Waals surface area contributed by atoms with Gasteiger partial charge < -0.3 is 10.1 Å². The molecule has 0 unspecified atom stereocenters. The van der Waals surface area contributed by atoms with E-state index in [0.717, 1.165) is 16.5 Å². The number of carbonyl (C=O) groups is 2. The highest BCUT2D eigenvalue weighted by molar-refractivity contribution is 9.10. The van der Waals surface area contributed by atoms with Crippen molar-refractivity contribution in [3.63, 3.8) is 0 Å². The van der Waals surface area contributed by atoms with Crippen LogP contribution in [0.4, 0.5) is 0 Å². The lowest BCUT2D eigenvalue weighted by atomic mass is 10.2. The van der Waals surface area contributed by atoms with E-state index in [-0.39, 0.29) is 24.2 Å². The summed E-state index contributed by atoms with van der Waals surface area (Å²) in [6, 6.07) is 5.52. The summed E-state index contributed by atoms with van der Waals surface area (Å²) < 4.78 is 5.99. The lowest BCUT2D eigenvalue weighted by Gasteiger charge is -2.08. The van der Waals surface area contributed by atoms with Gasteiger partial charge >= 0.3 is 5.97 Å². The molecule has 20 heavy (non-hydrogen) atoms. The van der Waals surface area contributed by atoms with Gasteiger partial charge in [0.1, 0.15) is 5.75 Å². The number of halogens is 1. The molecule has 108 valence electrons. The second-order valence-corrected chi connectivity index (χ2v) is 6.12. The van der Waals surface area contributed by atoms with Gasteiger partial charge in [0.2, 0.25) is 5.91 Å². The molecular formula is C15H18BrNO3. The van der Waals surface area contributed by atoms with Gasteiger partial charge in [-0.2, -0.15) is 0 Å². The highest BCUT2D eigenvalue weighted by Gasteiger charge is 2.38. The Morgan fingerprint density at radius 3 is 2.75 bits per heavy atom. The number of carbonyl (C=O) groups excluding carboxylic acids is 2. The normalized spacial score (nSPS) is 20.4. The van der Waals surface area contributed by atoms with Crippen LogP contribution < -0.4 is 10.1 Å². The second kappa shape index (κ2) is 6.39. The minimum atomic E-state index is -0.348. The Bertz CT molecular complexity index is 530. The zero-order chi connectivity index (χ0) is 14.7. The molecule has 0 heterocycles. The van der Waals surface area contributed by atoms with Crippen LogP contribution in [0.25, 0.3) is 0 Å². The van der Waals surface area contributed by atoms with Crippen LogP contribution in [-0.4, -0.2) is 18.4 Å². The molecule has 1 N–H and O–H groups in total. The number of nitrogens with one attached hydrogen (secondary N) is 1. The van der Waals surface area contributed by atoms with Crippen molar-refractivity contribution < 1.29 is 14.3 Å². The highest BCUT2D eigenvalue weighted by atomic mass is 79.9. The van der Waals surface area contributed by atoms with E-state index < -0.39 is 0 Å². The average molecular weight is 340 g/mol. The first-order valence-corrected chi connectivity index (χ1v) is 7.51. The fourth-order valence-corrected chi connectivity index (χ4v) is 2.54. The minimum Gasteiger partial charge on any atom is -0.425 e. The lowest BCUT2D eigenvalue weighted by molar-refractivity contribution is -0.134. The second-order valence-electron chi connectivity index (χ2n) is 5.27.